The minimum Gasteiger partial charge on any atom is -0.494 e. The molecule has 1 amide bonds. The number of hydrogen-bond acceptors (Lipinski definition) is 6. The van der Waals surface area contributed by atoms with E-state index < -0.39 is 0 Å². The molecule has 0 bridgehead atoms. The molecule has 1 aromatic carbocycles. The Kier molecular flexibility index (Phi) is 7.80. The second kappa shape index (κ2) is 10.5. The fraction of sp³-hybridized carbons (Fsp3) is 0.318. The zero-order chi connectivity index (χ0) is 20.6. The monoisotopic (exact) mass is 427 g/mol. The molecule has 0 saturated carbocycles. The van der Waals surface area contributed by atoms with Gasteiger partial charge >= 0.3 is 0 Å². The number of aromatic nitrogens is 1. The number of carbonyl (C=O) groups is 1. The molecule has 2 aromatic rings. The number of thioether (sulfide) groups is 1. The minimum absolute atomic E-state index is 0.114. The topological polar surface area (TPSA) is 45.7 Å². The highest BCUT2D eigenvalue weighted by Crippen LogP contribution is 2.36. The van der Waals surface area contributed by atoms with Gasteiger partial charge in [0.25, 0.3) is 5.91 Å². The number of benzene rings is 1. The molecule has 1 aliphatic rings. The highest BCUT2D eigenvalue weighted by atomic mass is 32.2. The smallest absolute Gasteiger partial charge is 0.270 e. The summed E-state index contributed by atoms with van der Waals surface area (Å²) in [6, 6.07) is 11.3. The first-order valence-corrected chi connectivity index (χ1v) is 11.0. The van der Waals surface area contributed by atoms with Crippen molar-refractivity contribution in [3.63, 3.8) is 0 Å². The van der Waals surface area contributed by atoms with Gasteiger partial charge in [0.1, 0.15) is 5.75 Å². The highest BCUT2D eigenvalue weighted by Gasteiger charge is 2.33. The van der Waals surface area contributed by atoms with Crippen LogP contribution in [0.2, 0.25) is 0 Å². The van der Waals surface area contributed by atoms with Gasteiger partial charge in [-0.3, -0.25) is 14.7 Å². The zero-order valence-electron chi connectivity index (χ0n) is 16.7. The van der Waals surface area contributed by atoms with E-state index in [9.17, 15) is 4.79 Å². The maximum Gasteiger partial charge on any atom is 0.270 e. The lowest BCUT2D eigenvalue weighted by molar-refractivity contribution is -0.113. The Morgan fingerprint density at radius 2 is 1.97 bits per heavy atom. The number of anilines is 1. The molecule has 0 N–H and O–H groups in total. The lowest BCUT2D eigenvalue weighted by atomic mass is 10.2. The summed E-state index contributed by atoms with van der Waals surface area (Å²) in [5, 5.41) is 0. The summed E-state index contributed by atoms with van der Waals surface area (Å²) in [5.74, 6) is 0.682. The number of thiocarbonyl (C=S) groups is 1. The Balaban J connectivity index is 1.60. The van der Waals surface area contributed by atoms with E-state index in [0.717, 1.165) is 43.1 Å². The van der Waals surface area contributed by atoms with Gasteiger partial charge in [-0.05, 0) is 61.5 Å². The predicted octanol–water partition coefficient (Wildman–Crippen LogP) is 4.60. The number of nitrogens with zero attached hydrogens (tertiary/aromatic N) is 3. The van der Waals surface area contributed by atoms with Crippen LogP contribution < -0.4 is 9.64 Å². The number of pyridine rings is 1. The van der Waals surface area contributed by atoms with Crippen molar-refractivity contribution >= 4 is 46.0 Å². The molecule has 1 saturated heterocycles. The van der Waals surface area contributed by atoms with Crippen LogP contribution in [0.15, 0.2) is 53.7 Å². The summed E-state index contributed by atoms with van der Waals surface area (Å²) in [6.45, 7) is 8.16. The molecule has 2 heterocycles. The molecule has 29 heavy (non-hydrogen) atoms. The standard InChI is InChI=1S/C22H25N3O2S2/c1-3-24(4-2)13-6-14-27-19-10-8-18(9-11-19)25-21(26)20(29-22(25)28)15-17-7-5-12-23-16-17/h5,7-12,15-16H,3-4,6,13-14H2,1-2H3. The Hall–Kier alpha value is -2.22. The summed E-state index contributed by atoms with van der Waals surface area (Å²) in [7, 11) is 0. The average molecular weight is 428 g/mol. The summed E-state index contributed by atoms with van der Waals surface area (Å²) < 4.78 is 6.36. The minimum atomic E-state index is -0.114. The van der Waals surface area contributed by atoms with Gasteiger partial charge in [0.05, 0.1) is 17.2 Å². The zero-order valence-corrected chi connectivity index (χ0v) is 18.3. The lowest BCUT2D eigenvalue weighted by Gasteiger charge is -2.18. The van der Waals surface area contributed by atoms with Crippen LogP contribution >= 0.6 is 24.0 Å². The van der Waals surface area contributed by atoms with E-state index in [-0.39, 0.29) is 5.91 Å². The van der Waals surface area contributed by atoms with E-state index in [2.05, 4.69) is 23.7 Å². The number of carbonyl (C=O) groups excluding carboxylic acids is 1. The summed E-state index contributed by atoms with van der Waals surface area (Å²) in [5.41, 5.74) is 1.62. The molecule has 152 valence electrons. The summed E-state index contributed by atoms with van der Waals surface area (Å²) in [6.07, 6.45) is 6.23. The predicted molar refractivity (Wildman–Crippen MR) is 124 cm³/mol. The Labute approximate surface area is 181 Å². The number of rotatable bonds is 9. The molecular formula is C22H25N3O2S2. The second-order valence-corrected chi connectivity index (χ2v) is 8.20. The van der Waals surface area contributed by atoms with Gasteiger partial charge in [-0.1, -0.05) is 43.9 Å². The van der Waals surface area contributed by atoms with Gasteiger partial charge in [0.15, 0.2) is 4.32 Å². The molecule has 3 rings (SSSR count). The van der Waals surface area contributed by atoms with E-state index in [4.69, 9.17) is 17.0 Å². The van der Waals surface area contributed by atoms with Gasteiger partial charge < -0.3 is 9.64 Å². The maximum atomic E-state index is 12.8. The van der Waals surface area contributed by atoms with Crippen molar-refractivity contribution in [2.24, 2.45) is 0 Å². The van der Waals surface area contributed by atoms with Crippen molar-refractivity contribution in [2.45, 2.75) is 20.3 Å². The van der Waals surface area contributed by atoms with Gasteiger partial charge in [0, 0.05) is 18.9 Å². The van der Waals surface area contributed by atoms with E-state index in [0.29, 0.717) is 15.8 Å². The largest absolute Gasteiger partial charge is 0.494 e. The third-order valence-corrected chi connectivity index (χ3v) is 5.95. The van der Waals surface area contributed by atoms with Crippen molar-refractivity contribution in [1.82, 2.24) is 9.88 Å². The Bertz CT molecular complexity index is 865. The summed E-state index contributed by atoms with van der Waals surface area (Å²) in [4.78, 5) is 21.4. The van der Waals surface area contributed by atoms with Crippen LogP contribution in [0.1, 0.15) is 25.8 Å². The molecule has 1 fully saturated rings. The number of ether oxygens (including phenoxy) is 1. The molecule has 1 aliphatic heterocycles. The number of amides is 1. The molecule has 0 atom stereocenters. The fourth-order valence-corrected chi connectivity index (χ4v) is 4.31. The van der Waals surface area contributed by atoms with E-state index in [1.54, 1.807) is 17.3 Å². The average Bonchev–Trinajstić information content (AvgIpc) is 3.02. The van der Waals surface area contributed by atoms with Crippen LogP contribution in [0.25, 0.3) is 6.08 Å². The SMILES string of the molecule is CCN(CC)CCCOc1ccc(N2C(=O)C(=Cc3cccnc3)SC2=S)cc1. The summed E-state index contributed by atoms with van der Waals surface area (Å²) >= 11 is 6.74. The maximum absolute atomic E-state index is 12.8. The van der Waals surface area contributed by atoms with Crippen LogP contribution in [0.5, 0.6) is 5.75 Å². The first-order valence-electron chi connectivity index (χ1n) is 9.75. The first kappa shape index (κ1) is 21.5. The highest BCUT2D eigenvalue weighted by molar-refractivity contribution is 8.27. The first-order chi connectivity index (χ1) is 14.1. The molecule has 0 unspecified atom stereocenters. The van der Waals surface area contributed by atoms with Gasteiger partial charge in [-0.15, -0.1) is 0 Å². The van der Waals surface area contributed by atoms with E-state index in [1.807, 2.05) is 42.5 Å². The quantitative estimate of drug-likeness (QED) is 0.331. The molecule has 0 spiro atoms. The van der Waals surface area contributed by atoms with Gasteiger partial charge in [-0.2, -0.15) is 0 Å². The van der Waals surface area contributed by atoms with Gasteiger partial charge in [-0.25, -0.2) is 0 Å². The van der Waals surface area contributed by atoms with Gasteiger partial charge in [0.2, 0.25) is 0 Å². The molecule has 1 aromatic heterocycles. The van der Waals surface area contributed by atoms with Crippen molar-refractivity contribution < 1.29 is 9.53 Å². The Morgan fingerprint density at radius 1 is 1.21 bits per heavy atom. The molecular weight excluding hydrogens is 402 g/mol. The molecule has 5 nitrogen and oxygen atoms in total. The fourth-order valence-electron chi connectivity index (χ4n) is 3.01. The van der Waals surface area contributed by atoms with E-state index in [1.165, 1.54) is 11.8 Å². The second-order valence-electron chi connectivity index (χ2n) is 6.53. The third-order valence-electron chi connectivity index (χ3n) is 4.65. The normalized spacial score (nSPS) is 15.6. The van der Waals surface area contributed by atoms with Crippen molar-refractivity contribution in [2.75, 3.05) is 31.1 Å². The molecule has 7 heteroatoms. The van der Waals surface area contributed by atoms with Crippen LogP contribution in [0, 0.1) is 0 Å². The van der Waals surface area contributed by atoms with Crippen LogP contribution in [-0.2, 0) is 4.79 Å². The van der Waals surface area contributed by atoms with Crippen molar-refractivity contribution in [3.05, 3.63) is 59.3 Å². The van der Waals surface area contributed by atoms with Crippen LogP contribution in [0.3, 0.4) is 0 Å². The molecule has 0 aliphatic carbocycles. The van der Waals surface area contributed by atoms with Crippen LogP contribution in [0.4, 0.5) is 5.69 Å². The van der Waals surface area contributed by atoms with E-state index >= 15 is 0 Å². The molecule has 0 radical (unpaired) electrons. The number of hydrogen-bond donors (Lipinski definition) is 0. The van der Waals surface area contributed by atoms with Crippen molar-refractivity contribution in [1.29, 1.82) is 0 Å². The van der Waals surface area contributed by atoms with Crippen molar-refractivity contribution in [3.8, 4) is 5.75 Å². The lowest BCUT2D eigenvalue weighted by Crippen LogP contribution is -2.27. The Morgan fingerprint density at radius 3 is 2.62 bits per heavy atom. The van der Waals surface area contributed by atoms with Crippen LogP contribution in [-0.4, -0.2) is 46.4 Å². The third kappa shape index (κ3) is 5.65.